The Hall–Kier alpha value is -3.08. The van der Waals surface area contributed by atoms with Crippen LogP contribution in [-0.2, 0) is 17.8 Å². The maximum Gasteiger partial charge on any atom is 0.224 e. The number of fused-ring (bicyclic) bond motifs is 2. The van der Waals surface area contributed by atoms with Crippen molar-refractivity contribution in [2.24, 2.45) is 0 Å². The zero-order valence-electron chi connectivity index (χ0n) is 14.8. The van der Waals surface area contributed by atoms with Gasteiger partial charge in [-0.15, -0.1) is 0 Å². The minimum Gasteiger partial charge on any atom is -0.359 e. The first-order valence-corrected chi connectivity index (χ1v) is 9.06. The van der Waals surface area contributed by atoms with E-state index in [0.717, 1.165) is 52.8 Å². The molecule has 1 amide bonds. The van der Waals surface area contributed by atoms with Gasteiger partial charge in [-0.3, -0.25) is 4.79 Å². The first kappa shape index (κ1) is 16.4. The van der Waals surface area contributed by atoms with E-state index in [9.17, 15) is 4.79 Å². The Morgan fingerprint density at radius 3 is 2.85 bits per heavy atom. The van der Waals surface area contributed by atoms with E-state index < -0.39 is 0 Å². The third kappa shape index (κ3) is 3.08. The highest BCUT2D eigenvalue weighted by atomic mass is 16.1. The van der Waals surface area contributed by atoms with Crippen LogP contribution >= 0.6 is 0 Å². The third-order valence-electron chi connectivity index (χ3n) is 4.72. The summed E-state index contributed by atoms with van der Waals surface area (Å²) in [6.45, 7) is 3.01. The predicted octanol–water partition coefficient (Wildman–Crippen LogP) is 4.50. The molecule has 0 saturated carbocycles. The van der Waals surface area contributed by atoms with Crippen molar-refractivity contribution < 1.29 is 4.79 Å². The number of aromatic amines is 1. The van der Waals surface area contributed by atoms with Gasteiger partial charge < -0.3 is 14.9 Å². The van der Waals surface area contributed by atoms with Crippen LogP contribution in [0, 0.1) is 0 Å². The van der Waals surface area contributed by atoms with Crippen LogP contribution in [0.15, 0.2) is 54.7 Å². The van der Waals surface area contributed by atoms with Crippen molar-refractivity contribution in [2.75, 3.05) is 5.32 Å². The summed E-state index contributed by atoms with van der Waals surface area (Å²) in [5.74, 6) is 1.09. The number of aryl methyl sites for hydroxylation is 2. The van der Waals surface area contributed by atoms with Crippen molar-refractivity contribution in [3.05, 3.63) is 60.6 Å². The molecule has 0 saturated heterocycles. The number of hydrogen-bond acceptors (Lipinski definition) is 2. The molecule has 2 aromatic carbocycles. The molecular formula is C21H22N4O. The molecule has 0 unspecified atom stereocenters. The van der Waals surface area contributed by atoms with Crippen LogP contribution in [-0.4, -0.2) is 20.4 Å². The molecule has 2 N–H and O–H groups in total. The van der Waals surface area contributed by atoms with E-state index >= 15 is 0 Å². The summed E-state index contributed by atoms with van der Waals surface area (Å²) in [6.07, 6.45) is 3.90. The number of carbonyl (C=O) groups excluding carboxylic acids is 1. The molecule has 0 aliphatic heterocycles. The lowest BCUT2D eigenvalue weighted by Crippen LogP contribution is -2.12. The van der Waals surface area contributed by atoms with E-state index in [1.54, 1.807) is 0 Å². The van der Waals surface area contributed by atoms with Gasteiger partial charge in [0.15, 0.2) is 0 Å². The number of nitrogens with one attached hydrogen (secondary N) is 2. The number of hydrogen-bond donors (Lipinski definition) is 2. The van der Waals surface area contributed by atoms with Crippen molar-refractivity contribution in [1.29, 1.82) is 0 Å². The first-order valence-electron chi connectivity index (χ1n) is 9.06. The standard InChI is InChI=1S/C21H22N4O/c1-2-25-19-11-6-5-10-17(19)23-20(25)12-7-13-21(26)24-18-14-22-16-9-4-3-8-15(16)18/h3-6,8-11,14,22H,2,7,12-13H2,1H3,(H,24,26). The molecule has 0 aliphatic rings. The van der Waals surface area contributed by atoms with Crippen molar-refractivity contribution in [2.45, 2.75) is 32.7 Å². The van der Waals surface area contributed by atoms with Crippen LogP contribution in [0.25, 0.3) is 21.9 Å². The number of benzene rings is 2. The third-order valence-corrected chi connectivity index (χ3v) is 4.72. The van der Waals surface area contributed by atoms with Crippen LogP contribution in [0.3, 0.4) is 0 Å². The van der Waals surface area contributed by atoms with Gasteiger partial charge in [-0.25, -0.2) is 4.98 Å². The van der Waals surface area contributed by atoms with E-state index in [0.29, 0.717) is 6.42 Å². The summed E-state index contributed by atoms with van der Waals surface area (Å²) in [7, 11) is 0. The normalized spacial score (nSPS) is 11.3. The number of anilines is 1. The number of amides is 1. The smallest absolute Gasteiger partial charge is 0.224 e. The maximum absolute atomic E-state index is 12.3. The Morgan fingerprint density at radius 1 is 1.15 bits per heavy atom. The largest absolute Gasteiger partial charge is 0.359 e. The average molecular weight is 346 g/mol. The van der Waals surface area contributed by atoms with Gasteiger partial charge in [-0.05, 0) is 31.5 Å². The number of rotatable bonds is 6. The van der Waals surface area contributed by atoms with Crippen molar-refractivity contribution in [3.63, 3.8) is 0 Å². The van der Waals surface area contributed by atoms with Crippen molar-refractivity contribution in [1.82, 2.24) is 14.5 Å². The predicted molar refractivity (Wildman–Crippen MR) is 105 cm³/mol. The molecule has 4 aromatic rings. The van der Waals surface area contributed by atoms with Gasteiger partial charge in [0.05, 0.1) is 16.7 Å². The Morgan fingerprint density at radius 2 is 1.96 bits per heavy atom. The van der Waals surface area contributed by atoms with Crippen LogP contribution in [0.5, 0.6) is 0 Å². The van der Waals surface area contributed by atoms with Crippen molar-refractivity contribution in [3.8, 4) is 0 Å². The average Bonchev–Trinajstić information content (AvgIpc) is 3.23. The van der Waals surface area contributed by atoms with Gasteiger partial charge >= 0.3 is 0 Å². The first-order chi connectivity index (χ1) is 12.8. The van der Waals surface area contributed by atoms with Crippen molar-refractivity contribution >= 4 is 33.5 Å². The SMILES string of the molecule is CCn1c(CCCC(=O)Nc2c[nH]c3ccccc23)nc2ccccc21. The lowest BCUT2D eigenvalue weighted by molar-refractivity contribution is -0.116. The molecule has 2 aromatic heterocycles. The quantitative estimate of drug-likeness (QED) is 0.540. The molecule has 5 nitrogen and oxygen atoms in total. The second-order valence-electron chi connectivity index (χ2n) is 6.41. The molecule has 5 heteroatoms. The fourth-order valence-corrected chi connectivity index (χ4v) is 3.46. The highest BCUT2D eigenvalue weighted by Gasteiger charge is 2.11. The van der Waals surface area contributed by atoms with Gasteiger partial charge in [0.25, 0.3) is 0 Å². The van der Waals surface area contributed by atoms with E-state index in [2.05, 4.69) is 27.9 Å². The molecule has 2 heterocycles. The van der Waals surface area contributed by atoms with Gasteiger partial charge in [0.1, 0.15) is 5.82 Å². The van der Waals surface area contributed by atoms with Gasteiger partial charge in [-0.2, -0.15) is 0 Å². The molecule has 26 heavy (non-hydrogen) atoms. The molecule has 0 atom stereocenters. The molecular weight excluding hydrogens is 324 g/mol. The zero-order valence-corrected chi connectivity index (χ0v) is 14.8. The Kier molecular flexibility index (Phi) is 4.44. The lowest BCUT2D eigenvalue weighted by atomic mass is 10.2. The molecule has 0 bridgehead atoms. The molecule has 132 valence electrons. The monoisotopic (exact) mass is 346 g/mol. The summed E-state index contributed by atoms with van der Waals surface area (Å²) in [5.41, 5.74) is 4.05. The second kappa shape index (κ2) is 7.04. The highest BCUT2D eigenvalue weighted by molar-refractivity contribution is 6.01. The topological polar surface area (TPSA) is 62.7 Å². The fourth-order valence-electron chi connectivity index (χ4n) is 3.46. The zero-order chi connectivity index (χ0) is 17.9. The lowest BCUT2D eigenvalue weighted by Gasteiger charge is -2.06. The molecule has 4 rings (SSSR count). The number of aromatic nitrogens is 3. The van der Waals surface area contributed by atoms with Gasteiger partial charge in [-0.1, -0.05) is 30.3 Å². The minimum absolute atomic E-state index is 0.0360. The summed E-state index contributed by atoms with van der Waals surface area (Å²) >= 11 is 0. The molecule has 0 radical (unpaired) electrons. The number of imidazole rings is 1. The van der Waals surface area contributed by atoms with Gasteiger partial charge in [0, 0.05) is 36.5 Å². The fraction of sp³-hybridized carbons (Fsp3) is 0.238. The molecule has 0 aliphatic carbocycles. The number of nitrogens with zero attached hydrogens (tertiary/aromatic N) is 2. The number of para-hydroxylation sites is 3. The van der Waals surface area contributed by atoms with E-state index in [1.807, 2.05) is 48.7 Å². The number of H-pyrrole nitrogens is 1. The summed E-state index contributed by atoms with van der Waals surface area (Å²) in [4.78, 5) is 20.2. The van der Waals surface area contributed by atoms with E-state index in [4.69, 9.17) is 4.98 Å². The second-order valence-corrected chi connectivity index (χ2v) is 6.41. The van der Waals surface area contributed by atoms with Gasteiger partial charge in [0.2, 0.25) is 5.91 Å². The van der Waals surface area contributed by atoms with Crippen LogP contribution in [0.1, 0.15) is 25.6 Å². The summed E-state index contributed by atoms with van der Waals surface area (Å²) in [6, 6.07) is 16.1. The highest BCUT2D eigenvalue weighted by Crippen LogP contribution is 2.23. The van der Waals surface area contributed by atoms with Crippen LogP contribution < -0.4 is 5.32 Å². The Balaban J connectivity index is 1.39. The van der Waals surface area contributed by atoms with E-state index in [1.165, 1.54) is 0 Å². The Bertz CT molecular complexity index is 1060. The van der Waals surface area contributed by atoms with Crippen LogP contribution in [0.2, 0.25) is 0 Å². The van der Waals surface area contributed by atoms with Crippen LogP contribution in [0.4, 0.5) is 5.69 Å². The molecule has 0 fully saturated rings. The Labute approximate surface area is 152 Å². The van der Waals surface area contributed by atoms with E-state index in [-0.39, 0.29) is 5.91 Å². The molecule has 0 spiro atoms. The summed E-state index contributed by atoms with van der Waals surface area (Å²) < 4.78 is 2.23. The maximum atomic E-state index is 12.3. The number of carbonyl (C=O) groups is 1. The summed E-state index contributed by atoms with van der Waals surface area (Å²) in [5, 5.41) is 4.04. The minimum atomic E-state index is 0.0360.